The van der Waals surface area contributed by atoms with Crippen molar-refractivity contribution < 1.29 is 9.53 Å². The second-order valence-electron chi connectivity index (χ2n) is 5.52. The molecule has 0 aliphatic carbocycles. The van der Waals surface area contributed by atoms with E-state index >= 15 is 0 Å². The minimum absolute atomic E-state index is 0. The van der Waals surface area contributed by atoms with Crippen molar-refractivity contribution in [3.05, 3.63) is 29.8 Å². The third-order valence-corrected chi connectivity index (χ3v) is 3.50. The zero-order chi connectivity index (χ0) is 14.4. The maximum atomic E-state index is 12.1. The Morgan fingerprint density at radius 2 is 2.00 bits per heavy atom. The first-order valence-corrected chi connectivity index (χ1v) is 7.40. The van der Waals surface area contributed by atoms with Crippen molar-refractivity contribution in [2.75, 3.05) is 13.1 Å². The summed E-state index contributed by atoms with van der Waals surface area (Å²) in [5.74, 6) is 1.16. The van der Waals surface area contributed by atoms with E-state index in [1.165, 1.54) is 0 Å². The van der Waals surface area contributed by atoms with E-state index in [1.54, 1.807) is 0 Å². The molecule has 0 saturated carbocycles. The monoisotopic (exact) mass is 312 g/mol. The number of carbonyl (C=O) groups excluding carboxylic acids is 1. The van der Waals surface area contributed by atoms with Crippen LogP contribution in [-0.2, 0) is 11.3 Å². The quantitative estimate of drug-likeness (QED) is 0.878. The molecule has 1 saturated heterocycles. The van der Waals surface area contributed by atoms with Gasteiger partial charge < -0.3 is 15.4 Å². The first-order chi connectivity index (χ1) is 9.66. The molecule has 0 radical (unpaired) electrons. The van der Waals surface area contributed by atoms with Gasteiger partial charge in [0.15, 0.2) is 0 Å². The molecule has 2 rings (SSSR count). The number of piperidine rings is 1. The van der Waals surface area contributed by atoms with Crippen molar-refractivity contribution in [1.29, 1.82) is 0 Å². The molecule has 5 heteroatoms. The molecule has 21 heavy (non-hydrogen) atoms. The molecule has 1 aromatic rings. The lowest BCUT2D eigenvalue weighted by Gasteiger charge is -2.22. The van der Waals surface area contributed by atoms with Crippen LogP contribution in [0.15, 0.2) is 24.3 Å². The summed E-state index contributed by atoms with van der Waals surface area (Å²) in [5.41, 5.74) is 1.03. The standard InChI is InChI=1S/C16H24N2O2.ClH/c1-12(2)20-15-6-4-3-5-14(15)11-18-16(19)13-7-9-17-10-8-13;/h3-6,12-13,17H,7-11H2,1-2H3,(H,18,19);1H. The number of hydrogen-bond donors (Lipinski definition) is 2. The predicted octanol–water partition coefficient (Wildman–Crippen LogP) is 2.51. The van der Waals surface area contributed by atoms with E-state index in [2.05, 4.69) is 10.6 Å². The van der Waals surface area contributed by atoms with Gasteiger partial charge in [-0.1, -0.05) is 18.2 Å². The van der Waals surface area contributed by atoms with Crippen LogP contribution in [0.1, 0.15) is 32.3 Å². The summed E-state index contributed by atoms with van der Waals surface area (Å²) >= 11 is 0. The molecule has 0 unspecified atom stereocenters. The van der Waals surface area contributed by atoms with Gasteiger partial charge in [0.05, 0.1) is 6.10 Å². The van der Waals surface area contributed by atoms with Gasteiger partial charge in [-0.15, -0.1) is 12.4 Å². The van der Waals surface area contributed by atoms with E-state index < -0.39 is 0 Å². The number of ether oxygens (including phenoxy) is 1. The highest BCUT2D eigenvalue weighted by atomic mass is 35.5. The Kier molecular flexibility index (Phi) is 7.54. The first-order valence-electron chi connectivity index (χ1n) is 7.40. The fourth-order valence-corrected chi connectivity index (χ4v) is 2.43. The zero-order valence-electron chi connectivity index (χ0n) is 12.7. The molecule has 0 atom stereocenters. The van der Waals surface area contributed by atoms with Gasteiger partial charge in [0.1, 0.15) is 5.75 Å². The molecule has 118 valence electrons. The number of hydrogen-bond acceptors (Lipinski definition) is 3. The van der Waals surface area contributed by atoms with E-state index in [4.69, 9.17) is 4.74 Å². The molecule has 0 bridgehead atoms. The van der Waals surface area contributed by atoms with Gasteiger partial charge in [0.25, 0.3) is 0 Å². The summed E-state index contributed by atoms with van der Waals surface area (Å²) in [6, 6.07) is 7.88. The highest BCUT2D eigenvalue weighted by Gasteiger charge is 2.20. The minimum atomic E-state index is 0. The van der Waals surface area contributed by atoms with Crippen molar-refractivity contribution in [2.24, 2.45) is 5.92 Å². The average Bonchev–Trinajstić information content (AvgIpc) is 2.46. The average molecular weight is 313 g/mol. The van der Waals surface area contributed by atoms with Crippen molar-refractivity contribution in [1.82, 2.24) is 10.6 Å². The normalized spacial score (nSPS) is 15.4. The molecule has 0 spiro atoms. The molecular weight excluding hydrogens is 288 g/mol. The number of benzene rings is 1. The molecule has 1 aliphatic heterocycles. The number of halogens is 1. The number of nitrogens with one attached hydrogen (secondary N) is 2. The molecule has 0 aromatic heterocycles. The van der Waals surface area contributed by atoms with Crippen molar-refractivity contribution in [3.8, 4) is 5.75 Å². The Labute approximate surface area is 133 Å². The van der Waals surface area contributed by atoms with Gasteiger partial charge in [-0.25, -0.2) is 0 Å². The van der Waals surface area contributed by atoms with E-state index in [0.717, 1.165) is 37.2 Å². The summed E-state index contributed by atoms with van der Waals surface area (Å²) < 4.78 is 5.76. The van der Waals surface area contributed by atoms with Gasteiger partial charge in [0.2, 0.25) is 5.91 Å². The minimum Gasteiger partial charge on any atom is -0.491 e. The van der Waals surface area contributed by atoms with E-state index in [0.29, 0.717) is 6.54 Å². The van der Waals surface area contributed by atoms with Crippen LogP contribution >= 0.6 is 12.4 Å². The third-order valence-electron chi connectivity index (χ3n) is 3.50. The molecule has 1 aliphatic rings. The fraction of sp³-hybridized carbons (Fsp3) is 0.562. The van der Waals surface area contributed by atoms with Crippen LogP contribution in [0.25, 0.3) is 0 Å². The molecule has 2 N–H and O–H groups in total. The van der Waals surface area contributed by atoms with Gasteiger partial charge in [0, 0.05) is 18.0 Å². The third kappa shape index (κ3) is 5.56. The first kappa shape index (κ1) is 17.8. The number of carbonyl (C=O) groups is 1. The Balaban J connectivity index is 0.00000220. The molecule has 4 nitrogen and oxygen atoms in total. The topological polar surface area (TPSA) is 50.4 Å². The van der Waals surface area contributed by atoms with Crippen molar-refractivity contribution in [2.45, 2.75) is 39.3 Å². The SMILES string of the molecule is CC(C)Oc1ccccc1CNC(=O)C1CCNCC1.Cl. The summed E-state index contributed by atoms with van der Waals surface area (Å²) in [4.78, 5) is 12.1. The maximum absolute atomic E-state index is 12.1. The van der Waals surface area contributed by atoms with Crippen LogP contribution < -0.4 is 15.4 Å². The van der Waals surface area contributed by atoms with E-state index in [9.17, 15) is 4.79 Å². The Bertz CT molecular complexity index is 446. The second-order valence-corrected chi connectivity index (χ2v) is 5.52. The Morgan fingerprint density at radius 3 is 2.67 bits per heavy atom. The number of rotatable bonds is 5. The van der Waals surface area contributed by atoms with Crippen LogP contribution in [0.2, 0.25) is 0 Å². The predicted molar refractivity (Wildman–Crippen MR) is 86.9 cm³/mol. The van der Waals surface area contributed by atoms with Crippen LogP contribution in [-0.4, -0.2) is 25.1 Å². The smallest absolute Gasteiger partial charge is 0.223 e. The largest absolute Gasteiger partial charge is 0.491 e. The van der Waals surface area contributed by atoms with Crippen LogP contribution in [0.4, 0.5) is 0 Å². The van der Waals surface area contributed by atoms with Crippen molar-refractivity contribution in [3.63, 3.8) is 0 Å². The summed E-state index contributed by atoms with van der Waals surface area (Å²) in [5, 5.41) is 6.31. The summed E-state index contributed by atoms with van der Waals surface area (Å²) in [7, 11) is 0. The summed E-state index contributed by atoms with van der Waals surface area (Å²) in [6.07, 6.45) is 1.99. The van der Waals surface area contributed by atoms with Gasteiger partial charge >= 0.3 is 0 Å². The van der Waals surface area contributed by atoms with Gasteiger partial charge in [-0.3, -0.25) is 4.79 Å². The lowest BCUT2D eigenvalue weighted by Crippen LogP contribution is -2.37. The maximum Gasteiger partial charge on any atom is 0.223 e. The van der Waals surface area contributed by atoms with Crippen LogP contribution in [0.5, 0.6) is 5.75 Å². The second kappa shape index (κ2) is 8.90. The van der Waals surface area contributed by atoms with Crippen molar-refractivity contribution >= 4 is 18.3 Å². The lowest BCUT2D eigenvalue weighted by molar-refractivity contribution is -0.125. The summed E-state index contributed by atoms with van der Waals surface area (Å²) in [6.45, 7) is 6.41. The molecule has 1 fully saturated rings. The zero-order valence-corrected chi connectivity index (χ0v) is 13.5. The lowest BCUT2D eigenvalue weighted by atomic mass is 9.97. The number of para-hydroxylation sites is 1. The molecular formula is C16H25ClN2O2. The van der Waals surface area contributed by atoms with Crippen LogP contribution in [0, 0.1) is 5.92 Å². The fourth-order valence-electron chi connectivity index (χ4n) is 2.43. The Morgan fingerprint density at radius 1 is 1.33 bits per heavy atom. The highest BCUT2D eigenvalue weighted by molar-refractivity contribution is 5.85. The van der Waals surface area contributed by atoms with Gasteiger partial charge in [-0.05, 0) is 45.8 Å². The van der Waals surface area contributed by atoms with E-state index in [1.807, 2.05) is 38.1 Å². The molecule has 1 amide bonds. The molecule has 1 heterocycles. The number of amides is 1. The highest BCUT2D eigenvalue weighted by Crippen LogP contribution is 2.19. The van der Waals surface area contributed by atoms with Crippen LogP contribution in [0.3, 0.4) is 0 Å². The van der Waals surface area contributed by atoms with E-state index in [-0.39, 0.29) is 30.3 Å². The Hall–Kier alpha value is -1.26. The molecule has 1 aromatic carbocycles. The van der Waals surface area contributed by atoms with Gasteiger partial charge in [-0.2, -0.15) is 0 Å².